The third-order valence-electron chi connectivity index (χ3n) is 2.60. The van der Waals surface area contributed by atoms with Gasteiger partial charge in [-0.3, -0.25) is 0 Å². The maximum Gasteiger partial charge on any atom is 0.115 e. The van der Waals surface area contributed by atoms with Gasteiger partial charge in [-0.2, -0.15) is 0 Å². The number of rotatable bonds is 3. The van der Waals surface area contributed by atoms with Gasteiger partial charge in [-0.15, -0.1) is 0 Å². The summed E-state index contributed by atoms with van der Waals surface area (Å²) in [4.78, 5) is 0. The Morgan fingerprint density at radius 1 is 1.06 bits per heavy atom. The molecule has 2 rings (SSSR count). The van der Waals surface area contributed by atoms with Crippen LogP contribution in [0.1, 0.15) is 17.2 Å². The lowest BCUT2D eigenvalue weighted by Crippen LogP contribution is -2.02. The molecule has 2 N–H and O–H groups in total. The summed E-state index contributed by atoms with van der Waals surface area (Å²) in [5.41, 5.74) is 1.77. The lowest BCUT2D eigenvalue weighted by Gasteiger charge is -2.12. The van der Waals surface area contributed by atoms with Crippen LogP contribution >= 0.6 is 15.9 Å². The van der Waals surface area contributed by atoms with E-state index in [2.05, 4.69) is 15.9 Å². The van der Waals surface area contributed by atoms with Gasteiger partial charge in [-0.25, -0.2) is 0 Å². The molecule has 2 aromatic rings. The van der Waals surface area contributed by atoms with E-state index in [1.807, 2.05) is 30.3 Å². The van der Waals surface area contributed by atoms with E-state index in [4.69, 9.17) is 0 Å². The number of phenols is 1. The minimum atomic E-state index is -0.577. The summed E-state index contributed by atoms with van der Waals surface area (Å²) in [6.07, 6.45) is -0.0934. The third kappa shape index (κ3) is 3.08. The average molecular weight is 293 g/mol. The predicted molar refractivity (Wildman–Crippen MR) is 70.9 cm³/mol. The molecule has 0 saturated carbocycles. The van der Waals surface area contributed by atoms with Crippen LogP contribution in [0.4, 0.5) is 0 Å². The van der Waals surface area contributed by atoms with E-state index < -0.39 is 6.10 Å². The molecule has 0 aliphatic carbocycles. The molecule has 0 aromatic heterocycles. The Morgan fingerprint density at radius 3 is 2.53 bits per heavy atom. The molecule has 1 unspecified atom stereocenters. The molecule has 0 aliphatic rings. The van der Waals surface area contributed by atoms with Crippen molar-refractivity contribution in [1.82, 2.24) is 0 Å². The number of aromatic hydroxyl groups is 1. The zero-order valence-corrected chi connectivity index (χ0v) is 10.8. The van der Waals surface area contributed by atoms with Crippen molar-refractivity contribution in [1.29, 1.82) is 0 Å². The molecule has 0 aliphatic heterocycles. The van der Waals surface area contributed by atoms with E-state index >= 15 is 0 Å². The van der Waals surface area contributed by atoms with E-state index in [0.717, 1.165) is 15.6 Å². The minimum absolute atomic E-state index is 0.224. The lowest BCUT2D eigenvalue weighted by molar-refractivity contribution is 0.177. The standard InChI is InChI=1S/C14H13BrO2/c15-13-7-2-1-6-12(13)14(17)9-10-4-3-5-11(16)8-10/h1-8,14,16-17H,9H2. The summed E-state index contributed by atoms with van der Waals surface area (Å²) in [6, 6.07) is 14.5. The molecule has 0 radical (unpaired) electrons. The molecule has 0 fully saturated rings. The number of hydrogen-bond donors (Lipinski definition) is 2. The first-order valence-electron chi connectivity index (χ1n) is 5.37. The predicted octanol–water partition coefficient (Wildman–Crippen LogP) is 3.43. The molecular weight excluding hydrogens is 280 g/mol. The van der Waals surface area contributed by atoms with Crippen molar-refractivity contribution in [2.75, 3.05) is 0 Å². The van der Waals surface area contributed by atoms with Gasteiger partial charge in [-0.05, 0) is 29.3 Å². The van der Waals surface area contributed by atoms with Gasteiger partial charge in [0.05, 0.1) is 6.10 Å². The second-order valence-corrected chi connectivity index (χ2v) is 4.77. The van der Waals surface area contributed by atoms with Crippen molar-refractivity contribution < 1.29 is 10.2 Å². The highest BCUT2D eigenvalue weighted by Crippen LogP contribution is 2.26. The Kier molecular flexibility index (Phi) is 3.82. The van der Waals surface area contributed by atoms with Gasteiger partial charge in [0.15, 0.2) is 0 Å². The van der Waals surface area contributed by atoms with Crippen LogP contribution < -0.4 is 0 Å². The first-order valence-corrected chi connectivity index (χ1v) is 6.16. The number of aliphatic hydroxyl groups is 1. The van der Waals surface area contributed by atoms with Gasteiger partial charge in [0.25, 0.3) is 0 Å². The van der Waals surface area contributed by atoms with Crippen LogP contribution in [0, 0.1) is 0 Å². The smallest absolute Gasteiger partial charge is 0.115 e. The summed E-state index contributed by atoms with van der Waals surface area (Å²) in [7, 11) is 0. The maximum atomic E-state index is 10.1. The van der Waals surface area contributed by atoms with Gasteiger partial charge < -0.3 is 10.2 Å². The molecule has 3 heteroatoms. The summed E-state index contributed by atoms with van der Waals surface area (Å²) >= 11 is 3.42. The number of halogens is 1. The van der Waals surface area contributed by atoms with E-state index in [-0.39, 0.29) is 5.75 Å². The van der Waals surface area contributed by atoms with E-state index in [1.54, 1.807) is 18.2 Å². The zero-order chi connectivity index (χ0) is 12.3. The zero-order valence-electron chi connectivity index (χ0n) is 9.18. The summed E-state index contributed by atoms with van der Waals surface area (Å²) < 4.78 is 0.896. The molecule has 0 heterocycles. The van der Waals surface area contributed by atoms with Crippen molar-refractivity contribution in [3.05, 3.63) is 64.1 Å². The molecule has 0 saturated heterocycles. The van der Waals surface area contributed by atoms with Crippen molar-refractivity contribution in [3.8, 4) is 5.75 Å². The molecule has 1 atom stereocenters. The Bertz CT molecular complexity index is 511. The quantitative estimate of drug-likeness (QED) is 0.910. The van der Waals surface area contributed by atoms with Gasteiger partial charge >= 0.3 is 0 Å². The average Bonchev–Trinajstić information content (AvgIpc) is 2.29. The molecule has 2 nitrogen and oxygen atoms in total. The molecule has 0 amide bonds. The van der Waals surface area contributed by atoms with E-state index in [0.29, 0.717) is 6.42 Å². The number of phenolic OH excluding ortho intramolecular Hbond substituents is 1. The van der Waals surface area contributed by atoms with Crippen LogP contribution in [-0.4, -0.2) is 10.2 Å². The second-order valence-electron chi connectivity index (χ2n) is 3.91. The van der Waals surface area contributed by atoms with Crippen molar-refractivity contribution in [2.45, 2.75) is 12.5 Å². The first kappa shape index (κ1) is 12.1. The number of benzene rings is 2. The minimum Gasteiger partial charge on any atom is -0.508 e. The highest BCUT2D eigenvalue weighted by Gasteiger charge is 2.11. The monoisotopic (exact) mass is 292 g/mol. The third-order valence-corrected chi connectivity index (χ3v) is 3.33. The Morgan fingerprint density at radius 2 is 1.82 bits per heavy atom. The highest BCUT2D eigenvalue weighted by molar-refractivity contribution is 9.10. The molecule has 88 valence electrons. The van der Waals surface area contributed by atoms with E-state index in [9.17, 15) is 10.2 Å². The van der Waals surface area contributed by atoms with Gasteiger partial charge in [0.1, 0.15) is 5.75 Å². The highest BCUT2D eigenvalue weighted by atomic mass is 79.9. The first-order chi connectivity index (χ1) is 8.16. The van der Waals surface area contributed by atoms with Gasteiger partial charge in [-0.1, -0.05) is 46.3 Å². The number of hydrogen-bond acceptors (Lipinski definition) is 2. The van der Waals surface area contributed by atoms with Crippen molar-refractivity contribution in [3.63, 3.8) is 0 Å². The van der Waals surface area contributed by atoms with Crippen molar-refractivity contribution in [2.24, 2.45) is 0 Å². The van der Waals surface area contributed by atoms with E-state index in [1.165, 1.54) is 0 Å². The fourth-order valence-electron chi connectivity index (χ4n) is 1.76. The fourth-order valence-corrected chi connectivity index (χ4v) is 2.31. The van der Waals surface area contributed by atoms with Crippen LogP contribution in [0.2, 0.25) is 0 Å². The van der Waals surface area contributed by atoms with Crippen LogP contribution in [-0.2, 0) is 6.42 Å². The largest absolute Gasteiger partial charge is 0.508 e. The molecule has 0 bridgehead atoms. The number of aliphatic hydroxyl groups excluding tert-OH is 1. The molecular formula is C14H13BrO2. The Labute approximate surface area is 109 Å². The summed E-state index contributed by atoms with van der Waals surface area (Å²) in [6.45, 7) is 0. The van der Waals surface area contributed by atoms with Crippen molar-refractivity contribution >= 4 is 15.9 Å². The Hall–Kier alpha value is -1.32. The van der Waals surface area contributed by atoms with Crippen LogP contribution in [0.3, 0.4) is 0 Å². The Balaban J connectivity index is 2.17. The lowest BCUT2D eigenvalue weighted by atomic mass is 10.0. The second kappa shape index (κ2) is 5.34. The fraction of sp³-hybridized carbons (Fsp3) is 0.143. The SMILES string of the molecule is Oc1cccc(CC(O)c2ccccc2Br)c1. The molecule has 0 spiro atoms. The summed E-state index contributed by atoms with van der Waals surface area (Å²) in [5, 5.41) is 19.5. The summed E-state index contributed by atoms with van der Waals surface area (Å²) in [5.74, 6) is 0.224. The molecule has 2 aromatic carbocycles. The topological polar surface area (TPSA) is 40.5 Å². The normalized spacial score (nSPS) is 12.4. The maximum absolute atomic E-state index is 10.1. The van der Waals surface area contributed by atoms with Crippen LogP contribution in [0.5, 0.6) is 5.75 Å². The van der Waals surface area contributed by atoms with Crippen LogP contribution in [0.25, 0.3) is 0 Å². The molecule has 17 heavy (non-hydrogen) atoms. The van der Waals surface area contributed by atoms with Gasteiger partial charge in [0.2, 0.25) is 0 Å². The van der Waals surface area contributed by atoms with Crippen LogP contribution in [0.15, 0.2) is 53.0 Å². The van der Waals surface area contributed by atoms with Gasteiger partial charge in [0, 0.05) is 10.9 Å².